The molecule has 0 unspecified atom stereocenters. The van der Waals surface area contributed by atoms with Crippen molar-refractivity contribution in [2.24, 2.45) is 5.92 Å². The lowest BCUT2D eigenvalue weighted by molar-refractivity contribution is -0.120. The predicted molar refractivity (Wildman–Crippen MR) is 74.8 cm³/mol. The van der Waals surface area contributed by atoms with Crippen molar-refractivity contribution in [3.8, 4) is 0 Å². The Morgan fingerprint density at radius 2 is 2.11 bits per heavy atom. The molecule has 1 aromatic heterocycles. The summed E-state index contributed by atoms with van der Waals surface area (Å²) in [4.78, 5) is 26.6. The summed E-state index contributed by atoms with van der Waals surface area (Å²) in [5.41, 5.74) is 0.490. The molecule has 19 heavy (non-hydrogen) atoms. The number of aryl methyl sites for hydroxylation is 1. The maximum Gasteiger partial charge on any atom is 0.347 e. The number of nitrogens with one attached hydrogen (secondary N) is 2. The van der Waals surface area contributed by atoms with E-state index in [-0.39, 0.29) is 10.8 Å². The van der Waals surface area contributed by atoms with Crippen LogP contribution in [-0.2, 0) is 4.79 Å². The van der Waals surface area contributed by atoms with Crippen molar-refractivity contribution in [3.05, 3.63) is 10.6 Å². The zero-order chi connectivity index (χ0) is 14.4. The molecule has 1 amide bonds. The second-order valence-corrected chi connectivity index (χ2v) is 5.61. The Kier molecular flexibility index (Phi) is 5.75. The Morgan fingerprint density at radius 1 is 1.42 bits per heavy atom. The lowest BCUT2D eigenvalue weighted by Crippen LogP contribution is -2.28. The third kappa shape index (κ3) is 5.25. The van der Waals surface area contributed by atoms with Gasteiger partial charge in [0.25, 0.3) is 0 Å². The number of hydrogen-bond donors (Lipinski definition) is 3. The fraction of sp³-hybridized carbons (Fsp3) is 0.583. The van der Waals surface area contributed by atoms with Gasteiger partial charge in [-0.25, -0.2) is 9.78 Å². The van der Waals surface area contributed by atoms with Crippen molar-refractivity contribution in [2.75, 3.05) is 18.4 Å². The molecule has 0 aliphatic carbocycles. The maximum absolute atomic E-state index is 11.5. The second kappa shape index (κ2) is 7.08. The van der Waals surface area contributed by atoms with Gasteiger partial charge in [-0.3, -0.25) is 4.79 Å². The molecule has 106 valence electrons. The SMILES string of the molecule is Cc1nc(NCCC(=O)NCC(C)C)sc1C(=O)O. The molecule has 0 aromatic carbocycles. The fourth-order valence-electron chi connectivity index (χ4n) is 1.36. The van der Waals surface area contributed by atoms with Crippen LogP contribution in [-0.4, -0.2) is 35.1 Å². The van der Waals surface area contributed by atoms with E-state index in [0.717, 1.165) is 11.3 Å². The first-order chi connectivity index (χ1) is 8.90. The Hall–Kier alpha value is -1.63. The van der Waals surface area contributed by atoms with Gasteiger partial charge >= 0.3 is 5.97 Å². The molecular formula is C12H19N3O3S. The average Bonchev–Trinajstić information content (AvgIpc) is 2.68. The zero-order valence-corrected chi connectivity index (χ0v) is 12.1. The molecule has 1 rings (SSSR count). The highest BCUT2D eigenvalue weighted by Crippen LogP contribution is 2.22. The molecule has 0 radical (unpaired) electrons. The number of carboxylic acid groups (broad SMARTS) is 1. The van der Waals surface area contributed by atoms with Gasteiger partial charge in [0.1, 0.15) is 4.88 Å². The van der Waals surface area contributed by atoms with Gasteiger partial charge in [0.05, 0.1) is 5.69 Å². The highest BCUT2D eigenvalue weighted by atomic mass is 32.1. The molecule has 0 aliphatic rings. The molecule has 7 heteroatoms. The van der Waals surface area contributed by atoms with Crippen molar-refractivity contribution in [1.29, 1.82) is 0 Å². The first-order valence-electron chi connectivity index (χ1n) is 6.11. The van der Waals surface area contributed by atoms with E-state index in [9.17, 15) is 9.59 Å². The Balaban J connectivity index is 2.35. The molecule has 0 fully saturated rings. The smallest absolute Gasteiger partial charge is 0.347 e. The highest BCUT2D eigenvalue weighted by Gasteiger charge is 2.13. The largest absolute Gasteiger partial charge is 0.477 e. The summed E-state index contributed by atoms with van der Waals surface area (Å²) in [7, 11) is 0. The van der Waals surface area contributed by atoms with E-state index in [1.54, 1.807) is 6.92 Å². The Bertz CT molecular complexity index is 457. The monoisotopic (exact) mass is 285 g/mol. The van der Waals surface area contributed by atoms with Crippen LogP contribution in [0.4, 0.5) is 5.13 Å². The summed E-state index contributed by atoms with van der Waals surface area (Å²) >= 11 is 1.08. The van der Waals surface area contributed by atoms with Crippen LogP contribution in [0.15, 0.2) is 0 Å². The van der Waals surface area contributed by atoms with E-state index in [0.29, 0.717) is 36.3 Å². The lowest BCUT2D eigenvalue weighted by Gasteiger charge is -2.07. The summed E-state index contributed by atoms with van der Waals surface area (Å²) in [6.45, 7) is 6.82. The number of amides is 1. The molecular weight excluding hydrogens is 266 g/mol. The van der Waals surface area contributed by atoms with Crippen molar-refractivity contribution in [3.63, 3.8) is 0 Å². The minimum atomic E-state index is -0.974. The van der Waals surface area contributed by atoms with Crippen LogP contribution < -0.4 is 10.6 Å². The normalized spacial score (nSPS) is 10.5. The quantitative estimate of drug-likeness (QED) is 0.709. The number of nitrogens with zero attached hydrogens (tertiary/aromatic N) is 1. The molecule has 0 aliphatic heterocycles. The standard InChI is InChI=1S/C12H19N3O3S/c1-7(2)6-14-9(16)4-5-13-12-15-8(3)10(19-12)11(17)18/h7H,4-6H2,1-3H3,(H,13,15)(H,14,16)(H,17,18). The maximum atomic E-state index is 11.5. The van der Waals surface area contributed by atoms with E-state index in [1.165, 1.54) is 0 Å². The second-order valence-electron chi connectivity index (χ2n) is 4.61. The molecule has 1 aromatic rings. The first-order valence-corrected chi connectivity index (χ1v) is 6.93. The van der Waals surface area contributed by atoms with Gasteiger partial charge in [-0.15, -0.1) is 0 Å². The molecule has 0 saturated carbocycles. The number of thiazole rings is 1. The van der Waals surface area contributed by atoms with Crippen molar-refractivity contribution in [2.45, 2.75) is 27.2 Å². The van der Waals surface area contributed by atoms with Gasteiger partial charge in [-0.2, -0.15) is 0 Å². The van der Waals surface area contributed by atoms with Crippen LogP contribution in [0.1, 0.15) is 35.6 Å². The molecule has 0 atom stereocenters. The summed E-state index contributed by atoms with van der Waals surface area (Å²) < 4.78 is 0. The van der Waals surface area contributed by atoms with E-state index < -0.39 is 5.97 Å². The molecule has 0 bridgehead atoms. The summed E-state index contributed by atoms with van der Waals surface area (Å²) in [5.74, 6) is -0.567. The predicted octanol–water partition coefficient (Wildman–Crippen LogP) is 1.72. The van der Waals surface area contributed by atoms with E-state index in [1.807, 2.05) is 13.8 Å². The van der Waals surface area contributed by atoms with Crippen molar-refractivity contribution in [1.82, 2.24) is 10.3 Å². The summed E-state index contributed by atoms with van der Waals surface area (Å²) in [6, 6.07) is 0. The number of hydrogen-bond acceptors (Lipinski definition) is 5. The molecule has 0 saturated heterocycles. The number of carboxylic acids is 1. The number of carbonyl (C=O) groups excluding carboxylic acids is 1. The van der Waals surface area contributed by atoms with Gasteiger partial charge in [-0.1, -0.05) is 25.2 Å². The Labute approximate surface area is 116 Å². The van der Waals surface area contributed by atoms with Crippen LogP contribution >= 0.6 is 11.3 Å². The minimum Gasteiger partial charge on any atom is -0.477 e. The average molecular weight is 285 g/mol. The number of aromatic nitrogens is 1. The van der Waals surface area contributed by atoms with Crippen molar-refractivity contribution >= 4 is 28.3 Å². The summed E-state index contributed by atoms with van der Waals surface area (Å²) in [6.07, 6.45) is 0.341. The van der Waals surface area contributed by atoms with Crippen LogP contribution in [0.2, 0.25) is 0 Å². The molecule has 6 nitrogen and oxygen atoms in total. The van der Waals surface area contributed by atoms with E-state index in [4.69, 9.17) is 5.11 Å². The van der Waals surface area contributed by atoms with Gasteiger partial charge in [0.2, 0.25) is 5.91 Å². The highest BCUT2D eigenvalue weighted by molar-refractivity contribution is 7.17. The van der Waals surface area contributed by atoms with Crippen LogP contribution in [0.25, 0.3) is 0 Å². The van der Waals surface area contributed by atoms with Crippen molar-refractivity contribution < 1.29 is 14.7 Å². The lowest BCUT2D eigenvalue weighted by atomic mass is 10.2. The third-order valence-electron chi connectivity index (χ3n) is 2.33. The van der Waals surface area contributed by atoms with Gasteiger partial charge in [0.15, 0.2) is 5.13 Å². The third-order valence-corrected chi connectivity index (χ3v) is 3.43. The van der Waals surface area contributed by atoms with E-state index in [2.05, 4.69) is 15.6 Å². The molecule has 0 spiro atoms. The number of carbonyl (C=O) groups is 2. The zero-order valence-electron chi connectivity index (χ0n) is 11.3. The number of anilines is 1. The van der Waals surface area contributed by atoms with Crippen LogP contribution in [0, 0.1) is 12.8 Å². The topological polar surface area (TPSA) is 91.3 Å². The Morgan fingerprint density at radius 3 is 2.63 bits per heavy atom. The molecule has 3 N–H and O–H groups in total. The minimum absolute atomic E-state index is 0.0204. The van der Waals surface area contributed by atoms with E-state index >= 15 is 0 Å². The van der Waals surface area contributed by atoms with Crippen LogP contribution in [0.3, 0.4) is 0 Å². The number of aromatic carboxylic acids is 1. The van der Waals surface area contributed by atoms with Gasteiger partial charge in [0, 0.05) is 19.5 Å². The van der Waals surface area contributed by atoms with Gasteiger partial charge in [-0.05, 0) is 12.8 Å². The molecule has 1 heterocycles. The van der Waals surface area contributed by atoms with Gasteiger partial charge < -0.3 is 15.7 Å². The fourth-order valence-corrected chi connectivity index (χ4v) is 2.19. The summed E-state index contributed by atoms with van der Waals surface area (Å²) in [5, 5.41) is 15.2. The number of rotatable bonds is 7. The first kappa shape index (κ1) is 15.4. The van der Waals surface area contributed by atoms with Crippen LogP contribution in [0.5, 0.6) is 0 Å².